The minimum Gasteiger partial charge on any atom is -0.390 e. The molecule has 2 N–H and O–H groups in total. The van der Waals surface area contributed by atoms with Gasteiger partial charge in [0.1, 0.15) is 5.82 Å². The van der Waals surface area contributed by atoms with Crippen molar-refractivity contribution in [1.82, 2.24) is 10.2 Å². The quantitative estimate of drug-likeness (QED) is 0.804. The smallest absolute Gasteiger partial charge is 0.220 e. The van der Waals surface area contributed by atoms with Gasteiger partial charge in [-0.3, -0.25) is 4.79 Å². The Labute approximate surface area is 144 Å². The van der Waals surface area contributed by atoms with E-state index in [1.165, 1.54) is 25.0 Å². The van der Waals surface area contributed by atoms with Gasteiger partial charge in [0.05, 0.1) is 6.10 Å². The molecule has 0 bridgehead atoms. The van der Waals surface area contributed by atoms with Gasteiger partial charge in [-0.2, -0.15) is 0 Å². The number of likely N-dealkylation sites (tertiary alicyclic amines) is 1. The maximum atomic E-state index is 13.2. The molecule has 1 heterocycles. The number of aliphatic hydroxyl groups is 1. The fourth-order valence-corrected chi connectivity index (χ4v) is 3.12. The number of hydrogen-bond donors (Lipinski definition) is 2. The number of benzene rings is 1. The number of carbonyl (C=O) groups excluding carboxylic acids is 1. The van der Waals surface area contributed by atoms with Crippen LogP contribution in [-0.4, -0.2) is 48.2 Å². The average Bonchev–Trinajstić information content (AvgIpc) is 2.55. The van der Waals surface area contributed by atoms with Gasteiger partial charge in [0.15, 0.2) is 0 Å². The molecule has 4 nitrogen and oxygen atoms in total. The van der Waals surface area contributed by atoms with Gasteiger partial charge in [0.25, 0.3) is 0 Å². The van der Waals surface area contributed by atoms with Crippen molar-refractivity contribution in [3.8, 4) is 0 Å². The molecule has 0 saturated carbocycles. The monoisotopic (exact) mass is 336 g/mol. The highest BCUT2D eigenvalue weighted by Gasteiger charge is 2.19. The Bertz CT molecular complexity index is 530. The third kappa shape index (κ3) is 6.21. The van der Waals surface area contributed by atoms with Crippen molar-refractivity contribution < 1.29 is 14.3 Å². The van der Waals surface area contributed by atoms with Crippen LogP contribution < -0.4 is 5.32 Å². The topological polar surface area (TPSA) is 52.6 Å². The Hall–Kier alpha value is -1.46. The Morgan fingerprint density at radius 1 is 1.42 bits per heavy atom. The number of rotatable bonds is 7. The van der Waals surface area contributed by atoms with Crippen molar-refractivity contribution in [2.45, 2.75) is 45.1 Å². The number of nitrogens with one attached hydrogen (secondary N) is 1. The second-order valence-corrected chi connectivity index (χ2v) is 7.10. The first kappa shape index (κ1) is 18.9. The Morgan fingerprint density at radius 2 is 2.12 bits per heavy atom. The van der Waals surface area contributed by atoms with Crippen LogP contribution in [0.15, 0.2) is 24.3 Å². The fourth-order valence-electron chi connectivity index (χ4n) is 3.12. The standard InChI is InChI=1S/C19H29FN2O2/c1-14-6-8-22(9-7-14)13-18(23)12-21-19(24)10-15(2)16-4-3-5-17(20)11-16/h3-5,11,14-15,18,23H,6-10,12-13H2,1-2H3,(H,21,24). The van der Waals surface area contributed by atoms with Crippen LogP contribution in [0.5, 0.6) is 0 Å². The van der Waals surface area contributed by atoms with Gasteiger partial charge in [0.2, 0.25) is 5.91 Å². The molecule has 0 aromatic heterocycles. The van der Waals surface area contributed by atoms with Crippen LogP contribution in [0.2, 0.25) is 0 Å². The number of nitrogens with zero attached hydrogens (tertiary/aromatic N) is 1. The molecule has 1 aromatic carbocycles. The minimum absolute atomic E-state index is 0.0542. The van der Waals surface area contributed by atoms with Crippen LogP contribution in [0.4, 0.5) is 4.39 Å². The largest absolute Gasteiger partial charge is 0.390 e. The summed E-state index contributed by atoms with van der Waals surface area (Å²) in [5, 5.41) is 12.9. The molecule has 1 aromatic rings. The lowest BCUT2D eigenvalue weighted by Crippen LogP contribution is -2.43. The number of β-amino-alcohol motifs (C(OH)–C–C–N with tert-alkyl or cyclic N) is 1. The predicted octanol–water partition coefficient (Wildman–Crippen LogP) is 2.53. The van der Waals surface area contributed by atoms with Crippen molar-refractivity contribution in [3.63, 3.8) is 0 Å². The molecule has 1 aliphatic heterocycles. The third-order valence-corrected chi connectivity index (χ3v) is 4.79. The number of carbonyl (C=O) groups is 1. The zero-order chi connectivity index (χ0) is 17.5. The van der Waals surface area contributed by atoms with Gasteiger partial charge in [0, 0.05) is 19.5 Å². The summed E-state index contributed by atoms with van der Waals surface area (Å²) in [7, 11) is 0. The second-order valence-electron chi connectivity index (χ2n) is 7.10. The van der Waals surface area contributed by atoms with E-state index in [2.05, 4.69) is 17.1 Å². The second kappa shape index (κ2) is 9.14. The molecule has 1 amide bonds. The van der Waals surface area contributed by atoms with E-state index in [4.69, 9.17) is 0 Å². The summed E-state index contributed by atoms with van der Waals surface area (Å²) in [5.41, 5.74) is 0.813. The van der Waals surface area contributed by atoms with Gasteiger partial charge >= 0.3 is 0 Å². The molecule has 1 saturated heterocycles. The number of amides is 1. The fraction of sp³-hybridized carbons (Fsp3) is 0.632. The van der Waals surface area contributed by atoms with Crippen LogP contribution in [0.1, 0.15) is 44.6 Å². The lowest BCUT2D eigenvalue weighted by atomic mass is 9.97. The number of hydrogen-bond acceptors (Lipinski definition) is 3. The average molecular weight is 336 g/mol. The molecule has 0 spiro atoms. The normalized spacial score (nSPS) is 19.0. The highest BCUT2D eigenvalue weighted by molar-refractivity contribution is 5.76. The molecule has 2 atom stereocenters. The van der Waals surface area contributed by atoms with E-state index in [9.17, 15) is 14.3 Å². The molecular formula is C19H29FN2O2. The van der Waals surface area contributed by atoms with Gasteiger partial charge < -0.3 is 15.3 Å². The first-order chi connectivity index (χ1) is 11.4. The minimum atomic E-state index is -0.549. The molecule has 2 rings (SSSR count). The van der Waals surface area contributed by atoms with Crippen LogP contribution in [0, 0.1) is 11.7 Å². The molecule has 0 aliphatic carbocycles. The summed E-state index contributed by atoms with van der Waals surface area (Å²) >= 11 is 0. The Balaban J connectivity index is 1.68. The number of piperidine rings is 1. The van der Waals surface area contributed by atoms with E-state index < -0.39 is 6.10 Å². The summed E-state index contributed by atoms with van der Waals surface area (Å²) in [5.74, 6) is 0.313. The van der Waals surface area contributed by atoms with Crippen molar-refractivity contribution in [1.29, 1.82) is 0 Å². The van der Waals surface area contributed by atoms with Gasteiger partial charge in [-0.1, -0.05) is 26.0 Å². The lowest BCUT2D eigenvalue weighted by molar-refractivity contribution is -0.121. The maximum absolute atomic E-state index is 13.2. The SMILES string of the molecule is CC1CCN(CC(O)CNC(=O)CC(C)c2cccc(F)c2)CC1. The van der Waals surface area contributed by atoms with E-state index in [0.717, 1.165) is 24.6 Å². The molecule has 1 aliphatic rings. The van der Waals surface area contributed by atoms with Gasteiger partial charge in [-0.25, -0.2) is 4.39 Å². The van der Waals surface area contributed by atoms with E-state index in [0.29, 0.717) is 6.54 Å². The third-order valence-electron chi connectivity index (χ3n) is 4.79. The van der Waals surface area contributed by atoms with Gasteiger partial charge in [-0.15, -0.1) is 0 Å². The van der Waals surface area contributed by atoms with Crippen LogP contribution in [0.25, 0.3) is 0 Å². The van der Waals surface area contributed by atoms with Crippen molar-refractivity contribution in [2.24, 2.45) is 5.92 Å². The van der Waals surface area contributed by atoms with Crippen molar-refractivity contribution >= 4 is 5.91 Å². The summed E-state index contributed by atoms with van der Waals surface area (Å²) in [6.45, 7) is 7.06. The molecular weight excluding hydrogens is 307 g/mol. The maximum Gasteiger partial charge on any atom is 0.220 e. The highest BCUT2D eigenvalue weighted by Crippen LogP contribution is 2.19. The lowest BCUT2D eigenvalue weighted by Gasteiger charge is -2.31. The molecule has 134 valence electrons. The number of aliphatic hydroxyl groups excluding tert-OH is 1. The highest BCUT2D eigenvalue weighted by atomic mass is 19.1. The van der Waals surface area contributed by atoms with Crippen molar-refractivity contribution in [2.75, 3.05) is 26.2 Å². The van der Waals surface area contributed by atoms with E-state index in [1.54, 1.807) is 6.07 Å². The van der Waals surface area contributed by atoms with Crippen molar-refractivity contribution in [3.05, 3.63) is 35.6 Å². The predicted molar refractivity (Wildman–Crippen MR) is 93.3 cm³/mol. The molecule has 5 heteroatoms. The Kier molecular flexibility index (Phi) is 7.18. The molecule has 24 heavy (non-hydrogen) atoms. The summed E-state index contributed by atoms with van der Waals surface area (Å²) < 4.78 is 13.2. The summed E-state index contributed by atoms with van der Waals surface area (Å²) in [4.78, 5) is 14.3. The summed E-state index contributed by atoms with van der Waals surface area (Å²) in [6.07, 6.45) is 2.08. The van der Waals surface area contributed by atoms with E-state index >= 15 is 0 Å². The van der Waals surface area contributed by atoms with Crippen LogP contribution in [-0.2, 0) is 4.79 Å². The zero-order valence-electron chi connectivity index (χ0n) is 14.7. The zero-order valence-corrected chi connectivity index (χ0v) is 14.7. The van der Waals surface area contributed by atoms with Gasteiger partial charge in [-0.05, 0) is 55.5 Å². The molecule has 2 unspecified atom stereocenters. The molecule has 0 radical (unpaired) electrons. The number of halogens is 1. The Morgan fingerprint density at radius 3 is 2.79 bits per heavy atom. The van der Waals surface area contributed by atoms with E-state index in [-0.39, 0.29) is 30.6 Å². The van der Waals surface area contributed by atoms with E-state index in [1.807, 2.05) is 13.0 Å². The van der Waals surface area contributed by atoms with Crippen LogP contribution >= 0.6 is 0 Å². The van der Waals surface area contributed by atoms with Crippen LogP contribution in [0.3, 0.4) is 0 Å². The first-order valence-corrected chi connectivity index (χ1v) is 8.86. The summed E-state index contributed by atoms with van der Waals surface area (Å²) in [6, 6.07) is 6.34. The first-order valence-electron chi connectivity index (χ1n) is 8.86. The molecule has 1 fully saturated rings.